The van der Waals surface area contributed by atoms with Crippen LogP contribution in [0.15, 0.2) is 0 Å². The summed E-state index contributed by atoms with van der Waals surface area (Å²) in [6, 6.07) is 0. The van der Waals surface area contributed by atoms with Crippen molar-refractivity contribution in [1.82, 2.24) is 5.32 Å². The van der Waals surface area contributed by atoms with E-state index in [1.54, 1.807) is 62.3 Å². The van der Waals surface area contributed by atoms with Gasteiger partial charge in [-0.25, -0.2) is 9.59 Å². The summed E-state index contributed by atoms with van der Waals surface area (Å²) in [4.78, 5) is 50.9. The summed E-state index contributed by atoms with van der Waals surface area (Å²) in [6.45, 7) is 15.3. The number of alkyl carbamates (subject to hydrolysis) is 1. The van der Waals surface area contributed by atoms with Gasteiger partial charge in [0.15, 0.2) is 5.54 Å². The number of ether oxygens (including phenoxy) is 3. The minimum atomic E-state index is -1.65. The van der Waals surface area contributed by atoms with Gasteiger partial charge in [0.1, 0.15) is 22.6 Å². The van der Waals surface area contributed by atoms with E-state index in [-0.39, 0.29) is 12.2 Å². The molecule has 0 unspecified atom stereocenters. The topological polar surface area (TPSA) is 108 Å². The van der Waals surface area contributed by atoms with Gasteiger partial charge in [0, 0.05) is 18.3 Å². The number of fused-ring (bicyclic) bond motifs is 1. The van der Waals surface area contributed by atoms with E-state index >= 15 is 0 Å². The highest BCUT2D eigenvalue weighted by Gasteiger charge is 2.77. The molecule has 1 amide bonds. The number of carbonyl (C=O) groups is 4. The summed E-state index contributed by atoms with van der Waals surface area (Å²) < 4.78 is 16.2. The fourth-order valence-corrected chi connectivity index (χ4v) is 3.74. The van der Waals surface area contributed by atoms with Gasteiger partial charge in [-0.15, -0.1) is 0 Å². The Balaban J connectivity index is 2.35. The summed E-state index contributed by atoms with van der Waals surface area (Å²) in [5, 5.41) is 2.58. The second-order valence-corrected chi connectivity index (χ2v) is 10.9. The lowest BCUT2D eigenvalue weighted by Crippen LogP contribution is -2.59. The standard InChI is InChI=1S/C21H33NO7/c1-18(2,3)27-15(24)13-12-11(23)10-21(14(12)13,16(25)28-19(4,5)6)22-17(26)29-20(7,8)9/h12-14H,10H2,1-9H3,(H,22,26)/t12-,13-,14-,21+/m0/s1. The van der Waals surface area contributed by atoms with Crippen LogP contribution < -0.4 is 5.32 Å². The molecule has 2 rings (SSSR count). The van der Waals surface area contributed by atoms with Crippen LogP contribution in [0, 0.1) is 17.8 Å². The molecular weight excluding hydrogens is 378 g/mol. The van der Waals surface area contributed by atoms with E-state index < -0.39 is 58.1 Å². The van der Waals surface area contributed by atoms with E-state index in [1.165, 1.54) is 0 Å². The maximum absolute atomic E-state index is 13.1. The second-order valence-electron chi connectivity index (χ2n) is 10.9. The van der Waals surface area contributed by atoms with Gasteiger partial charge in [0.25, 0.3) is 0 Å². The number of nitrogens with one attached hydrogen (secondary N) is 1. The molecule has 0 aromatic rings. The van der Waals surface area contributed by atoms with E-state index in [2.05, 4.69) is 5.32 Å². The summed E-state index contributed by atoms with van der Waals surface area (Å²) in [5.41, 5.74) is -4.02. The first kappa shape index (κ1) is 23.2. The van der Waals surface area contributed by atoms with Crippen LogP contribution in [0.25, 0.3) is 0 Å². The monoisotopic (exact) mass is 411 g/mol. The molecule has 164 valence electrons. The van der Waals surface area contributed by atoms with Crippen LogP contribution in [0.2, 0.25) is 0 Å². The van der Waals surface area contributed by atoms with Crippen molar-refractivity contribution < 1.29 is 33.4 Å². The first-order chi connectivity index (χ1) is 12.9. The SMILES string of the molecule is CC(C)(C)OC(=O)N[C@]1(C(=O)OC(C)(C)C)CC(=O)[C@H]2[C@H](C(=O)OC(C)(C)C)[C@H]21. The first-order valence-electron chi connectivity index (χ1n) is 9.86. The Kier molecular flexibility index (Phi) is 5.58. The van der Waals surface area contributed by atoms with Gasteiger partial charge < -0.3 is 19.5 Å². The summed E-state index contributed by atoms with van der Waals surface area (Å²) in [6.07, 6.45) is -1.08. The zero-order chi connectivity index (χ0) is 22.6. The molecule has 4 atom stereocenters. The van der Waals surface area contributed by atoms with Crippen molar-refractivity contribution in [2.45, 2.75) is 91.1 Å². The fourth-order valence-electron chi connectivity index (χ4n) is 3.74. The Morgan fingerprint density at radius 1 is 0.862 bits per heavy atom. The Labute approximate surface area is 172 Å². The molecule has 0 aromatic carbocycles. The number of hydrogen-bond acceptors (Lipinski definition) is 7. The highest BCUT2D eigenvalue weighted by atomic mass is 16.6. The molecule has 8 nitrogen and oxygen atoms in total. The molecule has 0 aromatic heterocycles. The third-order valence-electron chi connectivity index (χ3n) is 4.58. The highest BCUT2D eigenvalue weighted by molar-refractivity contribution is 6.04. The lowest BCUT2D eigenvalue weighted by atomic mass is 9.89. The van der Waals surface area contributed by atoms with E-state index in [4.69, 9.17) is 14.2 Å². The quantitative estimate of drug-likeness (QED) is 0.562. The zero-order valence-electron chi connectivity index (χ0n) is 18.8. The first-order valence-corrected chi connectivity index (χ1v) is 9.86. The molecule has 29 heavy (non-hydrogen) atoms. The largest absolute Gasteiger partial charge is 0.460 e. The van der Waals surface area contributed by atoms with Crippen molar-refractivity contribution in [3.8, 4) is 0 Å². The van der Waals surface area contributed by atoms with Crippen LogP contribution in [0.5, 0.6) is 0 Å². The minimum Gasteiger partial charge on any atom is -0.460 e. The summed E-state index contributed by atoms with van der Waals surface area (Å²) in [5.74, 6) is -3.76. The molecule has 0 heterocycles. The van der Waals surface area contributed by atoms with E-state index in [0.29, 0.717) is 0 Å². The second kappa shape index (κ2) is 6.99. The Morgan fingerprint density at radius 3 is 1.79 bits per heavy atom. The van der Waals surface area contributed by atoms with E-state index in [9.17, 15) is 19.2 Å². The van der Waals surface area contributed by atoms with Crippen molar-refractivity contribution in [1.29, 1.82) is 0 Å². The van der Waals surface area contributed by atoms with Crippen molar-refractivity contribution >= 4 is 23.8 Å². The van der Waals surface area contributed by atoms with Crippen LogP contribution in [0.3, 0.4) is 0 Å². The predicted octanol–water partition coefficient (Wildman–Crippen LogP) is 2.77. The number of esters is 2. The fraction of sp³-hybridized carbons (Fsp3) is 0.810. The van der Waals surface area contributed by atoms with Crippen molar-refractivity contribution in [3.63, 3.8) is 0 Å². The molecule has 0 aliphatic heterocycles. The highest BCUT2D eigenvalue weighted by Crippen LogP contribution is 2.61. The van der Waals surface area contributed by atoms with Crippen LogP contribution in [0.4, 0.5) is 4.79 Å². The molecule has 0 radical (unpaired) electrons. The van der Waals surface area contributed by atoms with Crippen molar-refractivity contribution in [2.75, 3.05) is 0 Å². The van der Waals surface area contributed by atoms with Crippen LogP contribution in [-0.2, 0) is 28.6 Å². The number of hydrogen-bond donors (Lipinski definition) is 1. The van der Waals surface area contributed by atoms with Gasteiger partial charge in [-0.1, -0.05) is 0 Å². The van der Waals surface area contributed by atoms with Gasteiger partial charge in [-0.2, -0.15) is 0 Å². The minimum absolute atomic E-state index is 0.240. The number of ketones is 1. The van der Waals surface area contributed by atoms with E-state index in [1.807, 2.05) is 0 Å². The number of amides is 1. The Morgan fingerprint density at radius 2 is 1.34 bits per heavy atom. The molecule has 2 aliphatic carbocycles. The molecule has 2 aliphatic rings. The lowest BCUT2D eigenvalue weighted by Gasteiger charge is -2.34. The lowest BCUT2D eigenvalue weighted by molar-refractivity contribution is -0.166. The molecule has 0 bridgehead atoms. The van der Waals surface area contributed by atoms with Gasteiger partial charge >= 0.3 is 18.0 Å². The average molecular weight is 411 g/mol. The van der Waals surface area contributed by atoms with Crippen molar-refractivity contribution in [3.05, 3.63) is 0 Å². The van der Waals surface area contributed by atoms with Crippen LogP contribution >= 0.6 is 0 Å². The Hall–Kier alpha value is -2.12. The smallest absolute Gasteiger partial charge is 0.408 e. The van der Waals surface area contributed by atoms with Crippen LogP contribution in [0.1, 0.15) is 68.7 Å². The average Bonchev–Trinajstić information content (AvgIpc) is 3.10. The molecule has 0 saturated heterocycles. The zero-order valence-corrected chi connectivity index (χ0v) is 18.8. The predicted molar refractivity (Wildman–Crippen MR) is 104 cm³/mol. The number of rotatable bonds is 3. The maximum atomic E-state index is 13.1. The maximum Gasteiger partial charge on any atom is 0.408 e. The van der Waals surface area contributed by atoms with E-state index in [0.717, 1.165) is 0 Å². The number of Topliss-reactive ketones (excluding diaryl/α,β-unsaturated/α-hetero) is 1. The van der Waals surface area contributed by atoms with Gasteiger partial charge in [-0.05, 0) is 62.3 Å². The molecule has 8 heteroatoms. The normalized spacial score (nSPS) is 29.0. The van der Waals surface area contributed by atoms with Gasteiger partial charge in [-0.3, -0.25) is 9.59 Å². The molecule has 2 saturated carbocycles. The third kappa shape index (κ3) is 5.28. The van der Waals surface area contributed by atoms with Crippen molar-refractivity contribution in [2.24, 2.45) is 17.8 Å². The summed E-state index contributed by atoms with van der Waals surface area (Å²) in [7, 11) is 0. The molecule has 0 spiro atoms. The third-order valence-corrected chi connectivity index (χ3v) is 4.58. The summed E-state index contributed by atoms with van der Waals surface area (Å²) >= 11 is 0. The van der Waals surface area contributed by atoms with Crippen LogP contribution in [-0.4, -0.2) is 46.2 Å². The Bertz CT molecular complexity index is 723. The molecule has 1 N–H and O–H groups in total. The molecule has 2 fully saturated rings. The molecular formula is C21H33NO7. The van der Waals surface area contributed by atoms with Gasteiger partial charge in [0.05, 0.1) is 5.92 Å². The number of carbonyl (C=O) groups excluding carboxylic acids is 4. The van der Waals surface area contributed by atoms with Gasteiger partial charge in [0.2, 0.25) is 0 Å².